The number of phosphoric ester groups is 1. The summed E-state index contributed by atoms with van der Waals surface area (Å²) in [6, 6.07) is 11.1. The van der Waals surface area contributed by atoms with Crippen LogP contribution in [0.2, 0.25) is 0 Å². The number of primary amides is 1. The van der Waals surface area contributed by atoms with Crippen molar-refractivity contribution >= 4 is 48.0 Å². The van der Waals surface area contributed by atoms with Gasteiger partial charge in [0.25, 0.3) is 0 Å². The van der Waals surface area contributed by atoms with Crippen molar-refractivity contribution in [3.05, 3.63) is 70.3 Å². The van der Waals surface area contributed by atoms with Gasteiger partial charge < -0.3 is 39.7 Å². The number of benzene rings is 2. The Kier molecular flexibility index (Phi) is 10.5. The van der Waals surface area contributed by atoms with E-state index in [4.69, 9.17) is 10.2 Å². The van der Waals surface area contributed by atoms with Gasteiger partial charge in [-0.05, 0) is 49.4 Å². The molecule has 0 radical (unpaired) electrons. The molecular formula is C20H17N6Na2O7P. The zero-order chi connectivity index (χ0) is 24.5. The van der Waals surface area contributed by atoms with Crippen LogP contribution in [0.1, 0.15) is 15.9 Å². The summed E-state index contributed by atoms with van der Waals surface area (Å²) in [5.74, 6) is -0.696. The van der Waals surface area contributed by atoms with E-state index in [1.54, 1.807) is 43.5 Å². The van der Waals surface area contributed by atoms with Crippen molar-refractivity contribution in [2.24, 2.45) is 5.73 Å². The molecule has 0 aliphatic rings. The fourth-order valence-corrected chi connectivity index (χ4v) is 3.26. The number of anilines is 4. The van der Waals surface area contributed by atoms with Gasteiger partial charge in [0.2, 0.25) is 11.9 Å². The summed E-state index contributed by atoms with van der Waals surface area (Å²) in [6.07, 6.45) is 1.59. The van der Waals surface area contributed by atoms with E-state index in [2.05, 4.69) is 25.1 Å². The number of nitrogens with one attached hydrogen (secondary N) is 2. The molecule has 0 fully saturated rings. The van der Waals surface area contributed by atoms with Crippen LogP contribution in [0.4, 0.5) is 23.1 Å². The first-order valence-corrected chi connectivity index (χ1v) is 11.1. The van der Waals surface area contributed by atoms with Crippen LogP contribution in [0.15, 0.2) is 57.9 Å². The Labute approximate surface area is 248 Å². The van der Waals surface area contributed by atoms with Crippen molar-refractivity contribution in [3.8, 4) is 0 Å². The Morgan fingerprint density at radius 2 is 1.81 bits per heavy atom. The number of amides is 1. The number of carbonyl (C=O) groups excluding carboxylic acids is 1. The van der Waals surface area contributed by atoms with Crippen LogP contribution >= 0.6 is 7.82 Å². The van der Waals surface area contributed by atoms with Gasteiger partial charge in [-0.3, -0.25) is 4.79 Å². The molecule has 4 rings (SSSR count). The van der Waals surface area contributed by atoms with Crippen molar-refractivity contribution in [2.75, 3.05) is 10.6 Å². The SMILES string of the molecule is Cc1cnc(Nc2ccc(C(N)=O)cc2)nc1Nc1ccc2oc(=O)n(COP(=O)([O-])[O-])c2c1.[Na+].[Na+]. The molecule has 0 aliphatic heterocycles. The average molecular weight is 530 g/mol. The Morgan fingerprint density at radius 3 is 2.44 bits per heavy atom. The third kappa shape index (κ3) is 7.49. The van der Waals surface area contributed by atoms with Gasteiger partial charge in [-0.2, -0.15) is 4.98 Å². The average Bonchev–Trinajstić information content (AvgIpc) is 3.09. The minimum absolute atomic E-state index is 0. The summed E-state index contributed by atoms with van der Waals surface area (Å²) in [7, 11) is -5.28. The van der Waals surface area contributed by atoms with Crippen molar-refractivity contribution in [1.82, 2.24) is 14.5 Å². The number of hydrogen-bond donors (Lipinski definition) is 3. The molecule has 2 heterocycles. The molecule has 0 aliphatic carbocycles. The number of oxazole rings is 1. The monoisotopic (exact) mass is 530 g/mol. The van der Waals surface area contributed by atoms with Crippen molar-refractivity contribution in [2.45, 2.75) is 13.7 Å². The molecule has 2 aromatic carbocycles. The summed E-state index contributed by atoms with van der Waals surface area (Å²) >= 11 is 0. The van der Waals surface area contributed by atoms with Crippen LogP contribution in [0.5, 0.6) is 0 Å². The molecule has 0 unspecified atom stereocenters. The summed E-state index contributed by atoms with van der Waals surface area (Å²) in [5, 5.41) is 6.11. The fraction of sp³-hybridized carbons (Fsp3) is 0.100. The van der Waals surface area contributed by atoms with E-state index in [1.807, 2.05) is 0 Å². The minimum atomic E-state index is -5.28. The van der Waals surface area contributed by atoms with E-state index in [1.165, 1.54) is 12.1 Å². The largest absolute Gasteiger partial charge is 1.00 e. The van der Waals surface area contributed by atoms with Gasteiger partial charge in [-0.1, -0.05) is 0 Å². The molecule has 0 saturated carbocycles. The van der Waals surface area contributed by atoms with Gasteiger partial charge in [0.1, 0.15) is 12.5 Å². The van der Waals surface area contributed by atoms with Crippen LogP contribution in [-0.2, 0) is 15.8 Å². The van der Waals surface area contributed by atoms with Gasteiger partial charge in [0, 0.05) is 28.7 Å². The summed E-state index contributed by atoms with van der Waals surface area (Å²) < 4.78 is 20.9. The molecule has 36 heavy (non-hydrogen) atoms. The number of carbonyl (C=O) groups is 1. The topological polar surface area (TPSA) is 200 Å². The number of hydrogen-bond acceptors (Lipinski definition) is 11. The molecular weight excluding hydrogens is 513 g/mol. The number of aromatic nitrogens is 3. The van der Waals surface area contributed by atoms with Crippen molar-refractivity contribution in [3.63, 3.8) is 0 Å². The van der Waals surface area contributed by atoms with Crippen LogP contribution in [0.25, 0.3) is 11.1 Å². The second kappa shape index (κ2) is 12.5. The van der Waals surface area contributed by atoms with Crippen LogP contribution in [0, 0.1) is 6.92 Å². The first-order valence-electron chi connectivity index (χ1n) is 9.66. The third-order valence-corrected chi connectivity index (χ3v) is 5.10. The van der Waals surface area contributed by atoms with E-state index in [0.717, 1.165) is 4.57 Å². The molecule has 4 aromatic rings. The quantitative estimate of drug-likeness (QED) is 0.146. The molecule has 2 aromatic heterocycles. The zero-order valence-electron chi connectivity index (χ0n) is 19.5. The number of phosphoric acid groups is 1. The summed E-state index contributed by atoms with van der Waals surface area (Å²) in [4.78, 5) is 53.4. The van der Waals surface area contributed by atoms with Crippen LogP contribution < -0.4 is 91.0 Å². The Hall–Kier alpha value is -2.03. The maximum atomic E-state index is 12.0. The molecule has 0 atom stereocenters. The van der Waals surface area contributed by atoms with Crippen molar-refractivity contribution < 1.29 is 87.2 Å². The van der Waals surface area contributed by atoms with E-state index in [9.17, 15) is 23.9 Å². The normalized spacial score (nSPS) is 10.9. The first-order chi connectivity index (χ1) is 16.1. The number of nitrogens with zero attached hydrogens (tertiary/aromatic N) is 3. The van der Waals surface area contributed by atoms with Gasteiger partial charge in [-0.25, -0.2) is 14.3 Å². The molecule has 4 N–H and O–H groups in total. The third-order valence-electron chi connectivity index (χ3n) is 4.67. The van der Waals surface area contributed by atoms with E-state index < -0.39 is 26.2 Å². The Morgan fingerprint density at radius 1 is 1.14 bits per heavy atom. The van der Waals surface area contributed by atoms with Gasteiger partial charge in [0.05, 0.1) is 13.3 Å². The maximum Gasteiger partial charge on any atom is 1.00 e. The number of fused-ring (bicyclic) bond motifs is 1. The smallest absolute Gasteiger partial charge is 0.790 e. The predicted molar refractivity (Wildman–Crippen MR) is 117 cm³/mol. The second-order valence-electron chi connectivity index (χ2n) is 7.10. The van der Waals surface area contributed by atoms with Crippen LogP contribution in [-0.4, -0.2) is 20.4 Å². The second-order valence-corrected chi connectivity index (χ2v) is 8.25. The first kappa shape index (κ1) is 30.2. The number of aryl methyl sites for hydroxylation is 1. The summed E-state index contributed by atoms with van der Waals surface area (Å²) in [5.41, 5.74) is 7.83. The molecule has 1 amide bonds. The zero-order valence-corrected chi connectivity index (χ0v) is 24.4. The van der Waals surface area contributed by atoms with Crippen LogP contribution in [0.3, 0.4) is 0 Å². The Balaban J connectivity index is 0.00000228. The summed E-state index contributed by atoms with van der Waals surface area (Å²) in [6.45, 7) is 0.975. The Bertz CT molecular complexity index is 1490. The van der Waals surface area contributed by atoms with Gasteiger partial charge >= 0.3 is 64.9 Å². The minimum Gasteiger partial charge on any atom is -0.790 e. The van der Waals surface area contributed by atoms with Gasteiger partial charge in [0.15, 0.2) is 5.58 Å². The predicted octanol–water partition coefficient (Wildman–Crippen LogP) is -4.91. The number of nitrogens with two attached hydrogens (primary N) is 1. The molecule has 13 nitrogen and oxygen atoms in total. The molecule has 176 valence electrons. The van der Waals surface area contributed by atoms with E-state index in [0.29, 0.717) is 28.3 Å². The number of rotatable bonds is 8. The van der Waals surface area contributed by atoms with E-state index in [-0.39, 0.29) is 76.2 Å². The molecule has 16 heteroatoms. The van der Waals surface area contributed by atoms with Gasteiger partial charge in [-0.15, -0.1) is 0 Å². The molecule has 0 spiro atoms. The van der Waals surface area contributed by atoms with E-state index >= 15 is 0 Å². The standard InChI is InChI=1S/C20H19N6O7P.2Na/c1-11-9-22-19(24-13-4-2-12(3-5-13)17(21)27)25-18(11)23-14-6-7-16-15(8-14)26(20(28)33-16)10-32-34(29,30)31;;/h2-9H,10H2,1H3,(H2,21,27)(H2,29,30,31)(H2,22,23,24,25);;/q;2*+1/p-2. The van der Waals surface area contributed by atoms with Crippen molar-refractivity contribution in [1.29, 1.82) is 0 Å². The fourth-order valence-electron chi connectivity index (χ4n) is 3.00. The maximum absolute atomic E-state index is 12.0. The molecule has 0 saturated heterocycles. The molecule has 0 bridgehead atoms.